The molecule has 1 amide bonds. The second-order valence-electron chi connectivity index (χ2n) is 7.97. The summed E-state index contributed by atoms with van der Waals surface area (Å²) in [5.41, 5.74) is 0.635. The third-order valence-corrected chi connectivity index (χ3v) is 7.08. The molecule has 1 aliphatic carbocycles. The second-order valence-corrected chi connectivity index (χ2v) is 9.95. The topological polar surface area (TPSA) is 123 Å². The van der Waals surface area contributed by atoms with Gasteiger partial charge in [-0.1, -0.05) is 5.16 Å². The maximum atomic E-state index is 12.7. The van der Waals surface area contributed by atoms with Crippen molar-refractivity contribution in [3.63, 3.8) is 0 Å². The number of amides is 1. The highest BCUT2D eigenvalue weighted by atomic mass is 32.2. The number of hydrogen-bond donors (Lipinski definition) is 1. The van der Waals surface area contributed by atoms with Crippen molar-refractivity contribution in [1.82, 2.24) is 29.5 Å². The van der Waals surface area contributed by atoms with E-state index in [4.69, 9.17) is 4.52 Å². The van der Waals surface area contributed by atoms with E-state index >= 15 is 0 Å². The van der Waals surface area contributed by atoms with E-state index in [1.165, 1.54) is 10.6 Å². The van der Waals surface area contributed by atoms with Crippen molar-refractivity contribution in [3.8, 4) is 0 Å². The van der Waals surface area contributed by atoms with E-state index in [9.17, 15) is 13.2 Å². The largest absolute Gasteiger partial charge is 0.349 e. The number of nitrogens with zero attached hydrogens (tertiary/aromatic N) is 5. The molecule has 1 N–H and O–H groups in total. The molecule has 2 aromatic rings. The van der Waals surface area contributed by atoms with E-state index in [0.717, 1.165) is 0 Å². The Morgan fingerprint density at radius 2 is 2.14 bits per heavy atom. The van der Waals surface area contributed by atoms with E-state index in [2.05, 4.69) is 20.6 Å². The van der Waals surface area contributed by atoms with Gasteiger partial charge in [0, 0.05) is 32.4 Å². The van der Waals surface area contributed by atoms with Crippen LogP contribution in [-0.2, 0) is 22.5 Å². The monoisotopic (exact) mass is 408 g/mol. The van der Waals surface area contributed by atoms with Crippen LogP contribution >= 0.6 is 0 Å². The fourth-order valence-electron chi connectivity index (χ4n) is 4.60. The number of sulfonamides is 1. The van der Waals surface area contributed by atoms with Gasteiger partial charge in [0.25, 0.3) is 5.91 Å². The van der Waals surface area contributed by atoms with Crippen molar-refractivity contribution in [3.05, 3.63) is 29.2 Å². The van der Waals surface area contributed by atoms with Crippen molar-refractivity contribution in [2.24, 2.45) is 13.0 Å². The highest BCUT2D eigenvalue weighted by Gasteiger charge is 2.59. The van der Waals surface area contributed by atoms with Crippen molar-refractivity contribution in [1.29, 1.82) is 0 Å². The number of aromatic nitrogens is 4. The minimum Gasteiger partial charge on any atom is -0.349 e. The fraction of sp³-hybridized carbons (Fsp3) is 0.647. The zero-order chi connectivity index (χ0) is 20.3. The lowest BCUT2D eigenvalue weighted by Gasteiger charge is -2.24. The van der Waals surface area contributed by atoms with Crippen LogP contribution < -0.4 is 5.32 Å². The van der Waals surface area contributed by atoms with Gasteiger partial charge in [0.1, 0.15) is 0 Å². The number of aryl methyl sites for hydroxylation is 3. The normalized spacial score (nSPS) is 27.9. The summed E-state index contributed by atoms with van der Waals surface area (Å²) >= 11 is 0. The Morgan fingerprint density at radius 1 is 1.39 bits per heavy atom. The Morgan fingerprint density at radius 3 is 2.71 bits per heavy atom. The molecule has 0 unspecified atom stereocenters. The van der Waals surface area contributed by atoms with E-state index in [1.807, 2.05) is 0 Å². The summed E-state index contributed by atoms with van der Waals surface area (Å²) < 4.78 is 32.8. The minimum atomic E-state index is -3.33. The van der Waals surface area contributed by atoms with Gasteiger partial charge in [-0.05, 0) is 32.6 Å². The molecule has 4 rings (SSSR count). The first kappa shape index (κ1) is 19.1. The van der Waals surface area contributed by atoms with Gasteiger partial charge in [0.05, 0.1) is 22.9 Å². The van der Waals surface area contributed by atoms with Crippen molar-refractivity contribution in [2.75, 3.05) is 19.3 Å². The summed E-state index contributed by atoms with van der Waals surface area (Å²) in [6, 6.07) is -0.106. The van der Waals surface area contributed by atoms with Crippen LogP contribution in [-0.4, -0.2) is 63.9 Å². The molecule has 2 aromatic heterocycles. The quantitative estimate of drug-likeness (QED) is 0.763. The van der Waals surface area contributed by atoms with Crippen LogP contribution in [0.3, 0.4) is 0 Å². The van der Waals surface area contributed by atoms with Gasteiger partial charge in [-0.15, -0.1) is 0 Å². The van der Waals surface area contributed by atoms with Gasteiger partial charge in [0.2, 0.25) is 15.9 Å². The highest BCUT2D eigenvalue weighted by Crippen LogP contribution is 2.50. The van der Waals surface area contributed by atoms with Crippen LogP contribution in [0, 0.1) is 19.8 Å². The average Bonchev–Trinajstić information content (AvgIpc) is 3.29. The maximum absolute atomic E-state index is 12.7. The molecule has 0 radical (unpaired) electrons. The molecule has 11 heteroatoms. The van der Waals surface area contributed by atoms with Crippen LogP contribution in [0.25, 0.3) is 0 Å². The van der Waals surface area contributed by atoms with Crippen molar-refractivity contribution < 1.29 is 17.7 Å². The van der Waals surface area contributed by atoms with E-state index in [0.29, 0.717) is 42.4 Å². The van der Waals surface area contributed by atoms with Gasteiger partial charge >= 0.3 is 0 Å². The smallest absolute Gasteiger partial charge is 0.254 e. The zero-order valence-electron chi connectivity index (χ0n) is 16.3. The van der Waals surface area contributed by atoms with Gasteiger partial charge in [-0.25, -0.2) is 12.7 Å². The molecule has 1 saturated carbocycles. The summed E-state index contributed by atoms with van der Waals surface area (Å²) in [6.45, 7) is 4.21. The minimum absolute atomic E-state index is 0.00219. The van der Waals surface area contributed by atoms with Crippen LogP contribution in [0.4, 0.5) is 0 Å². The molecule has 1 saturated heterocycles. The summed E-state index contributed by atoms with van der Waals surface area (Å²) in [6.07, 6.45) is 4.11. The number of hydrogen-bond acceptors (Lipinski definition) is 7. The molecule has 28 heavy (non-hydrogen) atoms. The Hall–Kier alpha value is -2.27. The van der Waals surface area contributed by atoms with Crippen molar-refractivity contribution >= 4 is 15.9 Å². The summed E-state index contributed by atoms with van der Waals surface area (Å²) in [4.78, 5) is 17.1. The first-order chi connectivity index (χ1) is 13.1. The van der Waals surface area contributed by atoms with Gasteiger partial charge < -0.3 is 9.84 Å². The molecule has 2 aliphatic rings. The fourth-order valence-corrected chi connectivity index (χ4v) is 5.52. The Kier molecular flexibility index (Phi) is 4.34. The van der Waals surface area contributed by atoms with Gasteiger partial charge in [0.15, 0.2) is 5.82 Å². The predicted molar refractivity (Wildman–Crippen MR) is 99.1 cm³/mol. The maximum Gasteiger partial charge on any atom is 0.254 e. The lowest BCUT2D eigenvalue weighted by molar-refractivity contribution is 0.0934. The van der Waals surface area contributed by atoms with E-state index in [-0.39, 0.29) is 24.4 Å². The summed E-state index contributed by atoms with van der Waals surface area (Å²) in [5.74, 6) is 0.796. The van der Waals surface area contributed by atoms with Gasteiger partial charge in [-0.2, -0.15) is 10.1 Å². The van der Waals surface area contributed by atoms with Crippen molar-refractivity contribution in [2.45, 2.75) is 38.1 Å². The second kappa shape index (κ2) is 6.38. The lowest BCUT2D eigenvalue weighted by Crippen LogP contribution is -2.39. The molecule has 0 bridgehead atoms. The standard InChI is InChI=1S/C17H24N6O4S/c1-10-14(8-22(3)20-10)15(24)19-13-5-12-7-23(28(4,25)26)9-17(12,6-13)16-18-11(2)21-27-16/h8,12-13H,5-7,9H2,1-4H3,(H,19,24)/t12-,13+,17-/m0/s1. The van der Waals surface area contributed by atoms with Crippen LogP contribution in [0.1, 0.15) is 40.6 Å². The Bertz CT molecular complexity index is 1030. The number of carbonyl (C=O) groups excluding carboxylic acids is 1. The lowest BCUT2D eigenvalue weighted by atomic mass is 9.80. The molecular weight excluding hydrogens is 384 g/mol. The first-order valence-electron chi connectivity index (χ1n) is 9.15. The van der Waals surface area contributed by atoms with Crippen LogP contribution in [0.15, 0.2) is 10.7 Å². The Balaban J connectivity index is 1.59. The summed E-state index contributed by atoms with van der Waals surface area (Å²) in [5, 5.41) is 11.2. The van der Waals surface area contributed by atoms with E-state index < -0.39 is 15.4 Å². The average molecular weight is 408 g/mol. The number of carbonyl (C=O) groups is 1. The number of fused-ring (bicyclic) bond motifs is 1. The molecule has 152 valence electrons. The first-order valence-corrected chi connectivity index (χ1v) is 11.0. The SMILES string of the molecule is Cc1noc([C@]23C[C@H](NC(=O)c4cn(C)nc4C)C[C@H]2CN(S(C)(=O)=O)C3)n1. The molecule has 1 aliphatic heterocycles. The van der Waals surface area contributed by atoms with E-state index in [1.54, 1.807) is 31.8 Å². The molecular formula is C17H24N6O4S. The van der Waals surface area contributed by atoms with Crippen LogP contribution in [0.2, 0.25) is 0 Å². The number of nitrogens with one attached hydrogen (secondary N) is 1. The third kappa shape index (κ3) is 3.12. The highest BCUT2D eigenvalue weighted by molar-refractivity contribution is 7.88. The molecule has 3 atom stereocenters. The summed E-state index contributed by atoms with van der Waals surface area (Å²) in [7, 11) is -1.55. The molecule has 0 spiro atoms. The van der Waals surface area contributed by atoms with Gasteiger partial charge in [-0.3, -0.25) is 9.48 Å². The zero-order valence-corrected chi connectivity index (χ0v) is 17.2. The molecule has 0 aromatic carbocycles. The molecule has 10 nitrogen and oxygen atoms in total. The van der Waals surface area contributed by atoms with Crippen LogP contribution in [0.5, 0.6) is 0 Å². The Labute approximate surface area is 163 Å². The predicted octanol–water partition coefficient (Wildman–Crippen LogP) is 0.142. The molecule has 2 fully saturated rings. The number of rotatable bonds is 4. The third-order valence-electron chi connectivity index (χ3n) is 5.86. The molecule has 3 heterocycles.